The van der Waals surface area contributed by atoms with E-state index in [0.29, 0.717) is 13.2 Å². The van der Waals surface area contributed by atoms with Crippen molar-refractivity contribution in [2.24, 2.45) is 0 Å². The predicted molar refractivity (Wildman–Crippen MR) is 107 cm³/mol. The van der Waals surface area contributed by atoms with Crippen LogP contribution >= 0.6 is 0 Å². The van der Waals surface area contributed by atoms with Gasteiger partial charge in [-0.1, -0.05) is 52.7 Å². The zero-order valence-electron chi connectivity index (χ0n) is 17.3. The summed E-state index contributed by atoms with van der Waals surface area (Å²) in [6.45, 7) is 13.8. The minimum Gasteiger partial charge on any atom is -0.496 e. The summed E-state index contributed by atoms with van der Waals surface area (Å²) in [5, 5.41) is 0. The SMILES string of the molecule is CCC=COC(CCC)[Si](OCC)(OCC)C(CCC)OC=CCC. The van der Waals surface area contributed by atoms with E-state index >= 15 is 0 Å². The van der Waals surface area contributed by atoms with Crippen LogP contribution in [0.15, 0.2) is 24.7 Å². The van der Waals surface area contributed by atoms with Crippen LogP contribution in [0.4, 0.5) is 0 Å². The molecule has 0 aliphatic rings. The lowest BCUT2D eigenvalue weighted by atomic mass is 10.3. The molecule has 2 atom stereocenters. The van der Waals surface area contributed by atoms with Crippen molar-refractivity contribution in [1.29, 1.82) is 0 Å². The maximum Gasteiger partial charge on any atom is 0.422 e. The summed E-state index contributed by atoms with van der Waals surface area (Å²) in [5.41, 5.74) is -0.154. The predicted octanol–water partition coefficient (Wildman–Crippen LogP) is 5.80. The van der Waals surface area contributed by atoms with Crippen molar-refractivity contribution in [1.82, 2.24) is 0 Å². The molecule has 148 valence electrons. The summed E-state index contributed by atoms with van der Waals surface area (Å²) in [4.78, 5) is 0. The number of hydrogen-bond acceptors (Lipinski definition) is 4. The van der Waals surface area contributed by atoms with Crippen LogP contribution in [-0.2, 0) is 18.3 Å². The average molecular weight is 373 g/mol. The summed E-state index contributed by atoms with van der Waals surface area (Å²) >= 11 is 0. The van der Waals surface area contributed by atoms with Gasteiger partial charge in [-0.05, 0) is 39.5 Å². The van der Waals surface area contributed by atoms with Gasteiger partial charge in [0.2, 0.25) is 0 Å². The van der Waals surface area contributed by atoms with Crippen molar-refractivity contribution in [2.75, 3.05) is 13.2 Å². The lowest BCUT2D eigenvalue weighted by molar-refractivity contribution is 0.0442. The third kappa shape index (κ3) is 8.43. The van der Waals surface area contributed by atoms with Crippen molar-refractivity contribution in [2.45, 2.75) is 91.5 Å². The van der Waals surface area contributed by atoms with Crippen molar-refractivity contribution in [3.8, 4) is 0 Å². The van der Waals surface area contributed by atoms with Crippen LogP contribution < -0.4 is 0 Å². The van der Waals surface area contributed by atoms with Gasteiger partial charge in [-0.3, -0.25) is 0 Å². The molecule has 0 aliphatic heterocycles. The highest BCUT2D eigenvalue weighted by molar-refractivity contribution is 6.70. The Balaban J connectivity index is 5.75. The molecule has 4 nitrogen and oxygen atoms in total. The molecule has 0 saturated heterocycles. The zero-order chi connectivity index (χ0) is 19.0. The second-order valence-electron chi connectivity index (χ2n) is 5.97. The van der Waals surface area contributed by atoms with Crippen LogP contribution in [0.2, 0.25) is 0 Å². The highest BCUT2D eigenvalue weighted by atomic mass is 28.4. The molecule has 5 heteroatoms. The second kappa shape index (κ2) is 15.5. The van der Waals surface area contributed by atoms with Crippen molar-refractivity contribution >= 4 is 8.56 Å². The molecular weight excluding hydrogens is 332 g/mol. The van der Waals surface area contributed by atoms with E-state index in [-0.39, 0.29) is 11.5 Å². The molecular formula is C20H40O4Si. The van der Waals surface area contributed by atoms with Gasteiger partial charge in [-0.2, -0.15) is 0 Å². The maximum atomic E-state index is 6.36. The fourth-order valence-electron chi connectivity index (χ4n) is 2.82. The van der Waals surface area contributed by atoms with E-state index in [2.05, 4.69) is 27.7 Å². The molecule has 25 heavy (non-hydrogen) atoms. The van der Waals surface area contributed by atoms with E-state index < -0.39 is 8.56 Å². The van der Waals surface area contributed by atoms with Crippen molar-refractivity contribution in [3.63, 3.8) is 0 Å². The van der Waals surface area contributed by atoms with E-state index in [9.17, 15) is 0 Å². The van der Waals surface area contributed by atoms with Crippen LogP contribution in [0.1, 0.15) is 80.1 Å². The highest BCUT2D eigenvalue weighted by Crippen LogP contribution is 2.29. The first-order valence-corrected chi connectivity index (χ1v) is 12.0. The molecule has 0 aromatic rings. The highest BCUT2D eigenvalue weighted by Gasteiger charge is 2.55. The molecule has 0 bridgehead atoms. The standard InChI is InChI=1S/C20H40O4Si/c1-7-13-17-21-19(15-9-3)25(23-11-5,24-12-6)20(16-10-4)22-18-14-8-2/h13-14,17-20H,7-12,15-16H2,1-6H3. The lowest BCUT2D eigenvalue weighted by Crippen LogP contribution is -2.63. The molecule has 0 aromatic carbocycles. The van der Waals surface area contributed by atoms with E-state index in [1.165, 1.54) is 0 Å². The van der Waals surface area contributed by atoms with Gasteiger partial charge in [0.1, 0.15) is 11.5 Å². The molecule has 0 rings (SSSR count). The Bertz CT molecular complexity index is 324. The molecule has 0 amide bonds. The molecule has 0 N–H and O–H groups in total. The third-order valence-electron chi connectivity index (χ3n) is 3.89. The van der Waals surface area contributed by atoms with Gasteiger partial charge in [0, 0.05) is 13.2 Å². The van der Waals surface area contributed by atoms with Gasteiger partial charge in [-0.25, -0.2) is 0 Å². The third-order valence-corrected chi connectivity index (χ3v) is 8.01. The first-order valence-electron chi connectivity index (χ1n) is 10.0. The normalized spacial score (nSPS) is 15.0. The molecule has 2 unspecified atom stereocenters. The summed E-state index contributed by atoms with van der Waals surface area (Å²) in [6.07, 6.45) is 13.4. The van der Waals surface area contributed by atoms with Gasteiger partial charge in [0.05, 0.1) is 12.5 Å². The minimum atomic E-state index is -2.74. The zero-order valence-corrected chi connectivity index (χ0v) is 18.3. The fraction of sp³-hybridized carbons (Fsp3) is 0.800. The summed E-state index contributed by atoms with van der Waals surface area (Å²) in [7, 11) is -2.74. The molecule has 0 spiro atoms. The van der Waals surface area contributed by atoms with E-state index in [1.54, 1.807) is 0 Å². The Morgan fingerprint density at radius 1 is 0.680 bits per heavy atom. The molecule has 0 saturated carbocycles. The Morgan fingerprint density at radius 3 is 1.36 bits per heavy atom. The van der Waals surface area contributed by atoms with Crippen LogP contribution in [0, 0.1) is 0 Å². The van der Waals surface area contributed by atoms with Crippen molar-refractivity contribution in [3.05, 3.63) is 24.7 Å². The first kappa shape index (κ1) is 24.2. The Morgan fingerprint density at radius 2 is 1.08 bits per heavy atom. The van der Waals surface area contributed by atoms with E-state index in [1.807, 2.05) is 38.5 Å². The Hall–Kier alpha value is -0.783. The topological polar surface area (TPSA) is 36.9 Å². The number of ether oxygens (including phenoxy) is 2. The summed E-state index contributed by atoms with van der Waals surface area (Å²) < 4.78 is 25.0. The lowest BCUT2D eigenvalue weighted by Gasteiger charge is -2.40. The van der Waals surface area contributed by atoms with Gasteiger partial charge < -0.3 is 18.3 Å². The summed E-state index contributed by atoms with van der Waals surface area (Å²) in [6, 6.07) is 0. The Labute approximate surface area is 156 Å². The minimum absolute atomic E-state index is 0.0771. The quantitative estimate of drug-likeness (QED) is 0.253. The smallest absolute Gasteiger partial charge is 0.422 e. The number of rotatable bonds is 16. The van der Waals surface area contributed by atoms with Crippen LogP contribution in [0.25, 0.3) is 0 Å². The monoisotopic (exact) mass is 372 g/mol. The molecule has 0 fully saturated rings. The van der Waals surface area contributed by atoms with Crippen molar-refractivity contribution < 1.29 is 18.3 Å². The van der Waals surface area contributed by atoms with Gasteiger partial charge in [-0.15, -0.1) is 0 Å². The molecule has 0 aliphatic carbocycles. The average Bonchev–Trinajstić information content (AvgIpc) is 2.60. The largest absolute Gasteiger partial charge is 0.496 e. The van der Waals surface area contributed by atoms with Gasteiger partial charge >= 0.3 is 8.56 Å². The first-order chi connectivity index (χ1) is 12.2. The number of hydrogen-bond donors (Lipinski definition) is 0. The second-order valence-corrected chi connectivity index (χ2v) is 9.28. The van der Waals surface area contributed by atoms with E-state index in [4.69, 9.17) is 18.3 Å². The molecule has 0 aromatic heterocycles. The van der Waals surface area contributed by atoms with Gasteiger partial charge in [0.25, 0.3) is 0 Å². The molecule has 0 heterocycles. The fourth-order valence-corrected chi connectivity index (χ4v) is 6.88. The number of allylic oxidation sites excluding steroid dienone is 2. The van der Waals surface area contributed by atoms with Crippen LogP contribution in [0.3, 0.4) is 0 Å². The maximum absolute atomic E-state index is 6.36. The Kier molecular flexibility index (Phi) is 15.0. The van der Waals surface area contributed by atoms with Gasteiger partial charge in [0.15, 0.2) is 0 Å². The summed E-state index contributed by atoms with van der Waals surface area (Å²) in [5.74, 6) is 0. The van der Waals surface area contributed by atoms with Crippen LogP contribution in [-0.4, -0.2) is 33.2 Å². The molecule has 0 radical (unpaired) electrons. The van der Waals surface area contributed by atoms with E-state index in [0.717, 1.165) is 38.5 Å². The van der Waals surface area contributed by atoms with Crippen LogP contribution in [0.5, 0.6) is 0 Å².